The summed E-state index contributed by atoms with van der Waals surface area (Å²) in [4.78, 5) is 11.6. The van der Waals surface area contributed by atoms with E-state index in [1.807, 2.05) is 30.8 Å². The van der Waals surface area contributed by atoms with Gasteiger partial charge >= 0.3 is 5.97 Å². The normalized spacial score (nSPS) is 14.2. The van der Waals surface area contributed by atoms with Gasteiger partial charge in [0.15, 0.2) is 0 Å². The number of methoxy groups -OCH3 is 1. The van der Waals surface area contributed by atoms with E-state index in [0.717, 1.165) is 25.8 Å². The van der Waals surface area contributed by atoms with Gasteiger partial charge in [-0.15, -0.1) is 0 Å². The third-order valence-electron chi connectivity index (χ3n) is 3.41. The molecule has 102 valence electrons. The molecule has 1 aromatic rings. The SMILES string of the molecule is CNC(C)(CCCCn1nccc1C)C(=O)OC. The highest BCUT2D eigenvalue weighted by Crippen LogP contribution is 2.15. The second-order valence-electron chi connectivity index (χ2n) is 4.73. The first-order chi connectivity index (χ1) is 8.53. The van der Waals surface area contributed by atoms with Crippen molar-refractivity contribution in [3.63, 3.8) is 0 Å². The molecule has 0 aliphatic carbocycles. The Morgan fingerprint density at radius 3 is 2.78 bits per heavy atom. The zero-order chi connectivity index (χ0) is 13.6. The highest BCUT2D eigenvalue weighted by atomic mass is 16.5. The number of nitrogens with one attached hydrogen (secondary N) is 1. The number of ether oxygens (including phenoxy) is 1. The maximum Gasteiger partial charge on any atom is 0.325 e. The van der Waals surface area contributed by atoms with Gasteiger partial charge in [0.2, 0.25) is 0 Å². The van der Waals surface area contributed by atoms with Crippen LogP contribution in [0.2, 0.25) is 0 Å². The van der Waals surface area contributed by atoms with E-state index in [4.69, 9.17) is 4.74 Å². The first kappa shape index (κ1) is 14.7. The van der Waals surface area contributed by atoms with Gasteiger partial charge in [0, 0.05) is 18.4 Å². The van der Waals surface area contributed by atoms with Crippen LogP contribution in [0.1, 0.15) is 31.9 Å². The number of carbonyl (C=O) groups is 1. The van der Waals surface area contributed by atoms with E-state index in [2.05, 4.69) is 10.4 Å². The van der Waals surface area contributed by atoms with Gasteiger partial charge in [-0.3, -0.25) is 9.48 Å². The molecule has 0 radical (unpaired) electrons. The Balaban J connectivity index is 2.36. The predicted octanol–water partition coefficient (Wildman–Crippen LogP) is 1.51. The Hall–Kier alpha value is -1.36. The van der Waals surface area contributed by atoms with E-state index < -0.39 is 5.54 Å². The van der Waals surface area contributed by atoms with Crippen molar-refractivity contribution in [2.75, 3.05) is 14.2 Å². The van der Waals surface area contributed by atoms with Crippen LogP contribution in [0.25, 0.3) is 0 Å². The minimum Gasteiger partial charge on any atom is -0.468 e. The molecule has 18 heavy (non-hydrogen) atoms. The largest absolute Gasteiger partial charge is 0.468 e. The minimum atomic E-state index is -0.589. The quantitative estimate of drug-likeness (QED) is 0.591. The lowest BCUT2D eigenvalue weighted by Gasteiger charge is -2.25. The lowest BCUT2D eigenvalue weighted by atomic mass is 9.95. The van der Waals surface area contributed by atoms with Crippen molar-refractivity contribution in [3.8, 4) is 0 Å². The minimum absolute atomic E-state index is 0.208. The average molecular weight is 253 g/mol. The molecule has 5 heteroatoms. The molecule has 1 unspecified atom stereocenters. The summed E-state index contributed by atoms with van der Waals surface area (Å²) in [6.07, 6.45) is 4.51. The zero-order valence-corrected chi connectivity index (χ0v) is 11.7. The summed E-state index contributed by atoms with van der Waals surface area (Å²) in [5.74, 6) is -0.208. The lowest BCUT2D eigenvalue weighted by Crippen LogP contribution is -2.48. The average Bonchev–Trinajstić information content (AvgIpc) is 2.79. The molecule has 0 aromatic carbocycles. The molecule has 5 nitrogen and oxygen atoms in total. The number of aryl methyl sites for hydroxylation is 2. The summed E-state index contributed by atoms with van der Waals surface area (Å²) < 4.78 is 6.79. The van der Waals surface area contributed by atoms with Crippen LogP contribution in [0.15, 0.2) is 12.3 Å². The molecule has 0 aliphatic rings. The zero-order valence-electron chi connectivity index (χ0n) is 11.7. The highest BCUT2D eigenvalue weighted by Gasteiger charge is 2.31. The number of rotatable bonds is 7. The van der Waals surface area contributed by atoms with E-state index in [1.165, 1.54) is 12.8 Å². The van der Waals surface area contributed by atoms with Gasteiger partial charge in [-0.1, -0.05) is 0 Å². The molecule has 0 saturated carbocycles. The van der Waals surface area contributed by atoms with Crippen molar-refractivity contribution >= 4 is 5.97 Å². The Bertz CT molecular complexity index is 389. The molecule has 0 spiro atoms. The number of likely N-dealkylation sites (N-methyl/N-ethyl adjacent to an activating group) is 1. The fourth-order valence-corrected chi connectivity index (χ4v) is 1.93. The molecule has 1 heterocycles. The predicted molar refractivity (Wildman–Crippen MR) is 70.3 cm³/mol. The van der Waals surface area contributed by atoms with E-state index in [1.54, 1.807) is 7.05 Å². The maximum atomic E-state index is 11.6. The summed E-state index contributed by atoms with van der Waals surface area (Å²) in [6.45, 7) is 4.80. The van der Waals surface area contributed by atoms with E-state index >= 15 is 0 Å². The summed E-state index contributed by atoms with van der Waals surface area (Å²) in [6, 6.07) is 1.99. The molecular weight excluding hydrogens is 230 g/mol. The van der Waals surface area contributed by atoms with Crippen molar-refractivity contribution in [2.24, 2.45) is 0 Å². The topological polar surface area (TPSA) is 56.2 Å². The van der Waals surface area contributed by atoms with Crippen molar-refractivity contribution in [2.45, 2.75) is 45.2 Å². The molecule has 1 N–H and O–H groups in total. The number of nitrogens with zero attached hydrogens (tertiary/aromatic N) is 2. The van der Waals surface area contributed by atoms with Gasteiger partial charge < -0.3 is 10.1 Å². The van der Waals surface area contributed by atoms with Gasteiger partial charge in [0.1, 0.15) is 5.54 Å². The molecule has 0 aliphatic heterocycles. The summed E-state index contributed by atoms with van der Waals surface area (Å²) in [7, 11) is 3.21. The van der Waals surface area contributed by atoms with Crippen LogP contribution in [0.4, 0.5) is 0 Å². The van der Waals surface area contributed by atoms with Crippen LogP contribution >= 0.6 is 0 Å². The van der Waals surface area contributed by atoms with Crippen LogP contribution in [0.5, 0.6) is 0 Å². The standard InChI is InChI=1S/C13H23N3O2/c1-11-7-9-15-16(11)10-6-5-8-13(2,14-3)12(17)18-4/h7,9,14H,5-6,8,10H2,1-4H3. The molecular formula is C13H23N3O2. The molecule has 0 fully saturated rings. The van der Waals surface area contributed by atoms with E-state index in [9.17, 15) is 4.79 Å². The van der Waals surface area contributed by atoms with Gasteiger partial charge in [-0.2, -0.15) is 5.10 Å². The third-order valence-corrected chi connectivity index (χ3v) is 3.41. The molecule has 0 amide bonds. The van der Waals surface area contributed by atoms with Gasteiger partial charge in [-0.05, 0) is 46.2 Å². The molecule has 1 aromatic heterocycles. The van der Waals surface area contributed by atoms with E-state index in [0.29, 0.717) is 0 Å². The van der Waals surface area contributed by atoms with Crippen molar-refractivity contribution < 1.29 is 9.53 Å². The van der Waals surface area contributed by atoms with Crippen molar-refractivity contribution in [1.82, 2.24) is 15.1 Å². The van der Waals surface area contributed by atoms with Crippen LogP contribution < -0.4 is 5.32 Å². The van der Waals surface area contributed by atoms with Crippen LogP contribution in [0, 0.1) is 6.92 Å². The smallest absolute Gasteiger partial charge is 0.325 e. The summed E-state index contributed by atoms with van der Waals surface area (Å²) in [5.41, 5.74) is 0.577. The first-order valence-electron chi connectivity index (χ1n) is 6.29. The van der Waals surface area contributed by atoms with Crippen LogP contribution in [0.3, 0.4) is 0 Å². The number of aromatic nitrogens is 2. The molecule has 0 saturated heterocycles. The van der Waals surface area contributed by atoms with Crippen LogP contribution in [-0.4, -0.2) is 35.4 Å². The first-order valence-corrected chi connectivity index (χ1v) is 6.29. The van der Waals surface area contributed by atoms with Crippen molar-refractivity contribution in [3.05, 3.63) is 18.0 Å². The number of carbonyl (C=O) groups excluding carboxylic acids is 1. The van der Waals surface area contributed by atoms with Crippen molar-refractivity contribution in [1.29, 1.82) is 0 Å². The third kappa shape index (κ3) is 3.57. The molecule has 1 atom stereocenters. The van der Waals surface area contributed by atoms with E-state index in [-0.39, 0.29) is 5.97 Å². The highest BCUT2D eigenvalue weighted by molar-refractivity contribution is 5.80. The Labute approximate surface area is 109 Å². The fourth-order valence-electron chi connectivity index (χ4n) is 1.93. The lowest BCUT2D eigenvalue weighted by molar-refractivity contribution is -0.148. The Kier molecular flexibility index (Phi) is 5.34. The molecule has 1 rings (SSSR count). The summed E-state index contributed by atoms with van der Waals surface area (Å²) in [5, 5.41) is 7.27. The monoisotopic (exact) mass is 253 g/mol. The van der Waals surface area contributed by atoms with Gasteiger partial charge in [0.25, 0.3) is 0 Å². The van der Waals surface area contributed by atoms with Crippen LogP contribution in [-0.2, 0) is 16.1 Å². The number of hydrogen-bond donors (Lipinski definition) is 1. The second-order valence-corrected chi connectivity index (χ2v) is 4.73. The number of hydrogen-bond acceptors (Lipinski definition) is 4. The second kappa shape index (κ2) is 6.54. The van der Waals surface area contributed by atoms with Gasteiger partial charge in [-0.25, -0.2) is 0 Å². The molecule has 0 bridgehead atoms. The maximum absolute atomic E-state index is 11.6. The Morgan fingerprint density at radius 2 is 2.28 bits per heavy atom. The fraction of sp³-hybridized carbons (Fsp3) is 0.692. The Morgan fingerprint density at radius 1 is 1.56 bits per heavy atom. The summed E-state index contributed by atoms with van der Waals surface area (Å²) >= 11 is 0. The van der Waals surface area contributed by atoms with Gasteiger partial charge in [0.05, 0.1) is 7.11 Å². The number of esters is 1. The number of unbranched alkanes of at least 4 members (excludes halogenated alkanes) is 1.